The van der Waals surface area contributed by atoms with Crippen molar-refractivity contribution in [3.05, 3.63) is 34.9 Å². The predicted octanol–water partition coefficient (Wildman–Crippen LogP) is 1.97. The van der Waals surface area contributed by atoms with Crippen LogP contribution in [-0.2, 0) is 9.47 Å². The Balaban J connectivity index is 2.04. The SMILES string of the molecule is CNC1COC(c2ccccc2Cl)OC1. The van der Waals surface area contributed by atoms with Gasteiger partial charge in [-0.2, -0.15) is 0 Å². The Morgan fingerprint density at radius 2 is 1.93 bits per heavy atom. The third kappa shape index (κ3) is 2.49. The summed E-state index contributed by atoms with van der Waals surface area (Å²) in [5.41, 5.74) is 0.897. The molecule has 15 heavy (non-hydrogen) atoms. The average Bonchev–Trinajstić information content (AvgIpc) is 2.30. The molecule has 1 aromatic rings. The van der Waals surface area contributed by atoms with Gasteiger partial charge < -0.3 is 14.8 Å². The molecule has 0 spiro atoms. The lowest BCUT2D eigenvalue weighted by Crippen LogP contribution is -2.40. The van der Waals surface area contributed by atoms with Crippen molar-refractivity contribution in [1.82, 2.24) is 5.32 Å². The van der Waals surface area contributed by atoms with Gasteiger partial charge in [-0.3, -0.25) is 0 Å². The zero-order valence-electron chi connectivity index (χ0n) is 8.57. The van der Waals surface area contributed by atoms with E-state index in [4.69, 9.17) is 21.1 Å². The fraction of sp³-hybridized carbons (Fsp3) is 0.455. The summed E-state index contributed by atoms with van der Waals surface area (Å²) in [6, 6.07) is 7.85. The zero-order chi connectivity index (χ0) is 10.7. The molecule has 0 radical (unpaired) electrons. The van der Waals surface area contributed by atoms with Crippen LogP contribution < -0.4 is 5.32 Å². The van der Waals surface area contributed by atoms with Gasteiger partial charge in [-0.25, -0.2) is 0 Å². The summed E-state index contributed by atoms with van der Waals surface area (Å²) in [5.74, 6) is 0. The second-order valence-electron chi connectivity index (χ2n) is 3.51. The average molecular weight is 228 g/mol. The van der Waals surface area contributed by atoms with Gasteiger partial charge in [0, 0.05) is 10.6 Å². The normalized spacial score (nSPS) is 26.5. The van der Waals surface area contributed by atoms with Crippen LogP contribution in [0.3, 0.4) is 0 Å². The molecule has 1 aromatic carbocycles. The van der Waals surface area contributed by atoms with Crippen LogP contribution in [-0.4, -0.2) is 26.3 Å². The van der Waals surface area contributed by atoms with Gasteiger partial charge in [0.2, 0.25) is 0 Å². The van der Waals surface area contributed by atoms with Crippen molar-refractivity contribution in [2.24, 2.45) is 0 Å². The highest BCUT2D eigenvalue weighted by atomic mass is 35.5. The Morgan fingerprint density at radius 1 is 1.27 bits per heavy atom. The van der Waals surface area contributed by atoms with Gasteiger partial charge in [0.25, 0.3) is 0 Å². The molecule has 1 N–H and O–H groups in total. The minimum atomic E-state index is -0.330. The molecule has 3 nitrogen and oxygen atoms in total. The first-order valence-electron chi connectivity index (χ1n) is 4.96. The summed E-state index contributed by atoms with van der Waals surface area (Å²) in [6.07, 6.45) is -0.330. The van der Waals surface area contributed by atoms with Gasteiger partial charge in [0.1, 0.15) is 0 Å². The molecule has 1 aliphatic rings. The molecule has 0 bridgehead atoms. The quantitative estimate of drug-likeness (QED) is 0.838. The molecule has 4 heteroatoms. The van der Waals surface area contributed by atoms with E-state index in [9.17, 15) is 0 Å². The second-order valence-corrected chi connectivity index (χ2v) is 3.91. The van der Waals surface area contributed by atoms with E-state index in [0.717, 1.165) is 5.56 Å². The number of hydrogen-bond acceptors (Lipinski definition) is 3. The van der Waals surface area contributed by atoms with E-state index in [1.54, 1.807) is 0 Å². The van der Waals surface area contributed by atoms with Crippen LogP contribution in [0.2, 0.25) is 5.02 Å². The topological polar surface area (TPSA) is 30.5 Å². The molecule has 1 saturated heterocycles. The molecule has 1 aliphatic heterocycles. The van der Waals surface area contributed by atoms with E-state index in [0.29, 0.717) is 18.2 Å². The maximum atomic E-state index is 6.05. The minimum absolute atomic E-state index is 0.267. The molecular weight excluding hydrogens is 214 g/mol. The largest absolute Gasteiger partial charge is 0.347 e. The van der Waals surface area contributed by atoms with Crippen molar-refractivity contribution >= 4 is 11.6 Å². The first-order valence-corrected chi connectivity index (χ1v) is 5.34. The van der Waals surface area contributed by atoms with Gasteiger partial charge in [-0.15, -0.1) is 0 Å². The number of benzene rings is 1. The van der Waals surface area contributed by atoms with Crippen LogP contribution >= 0.6 is 11.6 Å². The van der Waals surface area contributed by atoms with Gasteiger partial charge in [-0.05, 0) is 13.1 Å². The minimum Gasteiger partial charge on any atom is -0.347 e. The monoisotopic (exact) mass is 227 g/mol. The van der Waals surface area contributed by atoms with Crippen LogP contribution in [0.15, 0.2) is 24.3 Å². The smallest absolute Gasteiger partial charge is 0.185 e. The Bertz CT molecular complexity index is 324. The molecule has 0 atom stereocenters. The van der Waals surface area contributed by atoms with Crippen molar-refractivity contribution in [3.63, 3.8) is 0 Å². The fourth-order valence-electron chi connectivity index (χ4n) is 1.52. The lowest BCUT2D eigenvalue weighted by molar-refractivity contribution is -0.193. The molecule has 1 fully saturated rings. The van der Waals surface area contributed by atoms with E-state index >= 15 is 0 Å². The summed E-state index contributed by atoms with van der Waals surface area (Å²) < 4.78 is 11.2. The fourth-order valence-corrected chi connectivity index (χ4v) is 1.74. The van der Waals surface area contributed by atoms with Crippen molar-refractivity contribution in [3.8, 4) is 0 Å². The number of likely N-dealkylation sites (N-methyl/N-ethyl adjacent to an activating group) is 1. The van der Waals surface area contributed by atoms with Gasteiger partial charge in [-0.1, -0.05) is 29.8 Å². The highest BCUT2D eigenvalue weighted by Crippen LogP contribution is 2.28. The van der Waals surface area contributed by atoms with Gasteiger partial charge in [0.15, 0.2) is 6.29 Å². The van der Waals surface area contributed by atoms with Crippen molar-refractivity contribution in [2.45, 2.75) is 12.3 Å². The summed E-state index contributed by atoms with van der Waals surface area (Å²) in [7, 11) is 1.90. The van der Waals surface area contributed by atoms with Crippen LogP contribution in [0.5, 0.6) is 0 Å². The predicted molar refractivity (Wildman–Crippen MR) is 58.9 cm³/mol. The van der Waals surface area contributed by atoms with Crippen molar-refractivity contribution < 1.29 is 9.47 Å². The second kappa shape index (κ2) is 4.94. The number of halogens is 1. The Labute approximate surface area is 94.3 Å². The third-order valence-electron chi connectivity index (χ3n) is 2.46. The lowest BCUT2D eigenvalue weighted by Gasteiger charge is -2.29. The van der Waals surface area contributed by atoms with Crippen LogP contribution in [0, 0.1) is 0 Å². The first-order chi connectivity index (χ1) is 7.31. The maximum absolute atomic E-state index is 6.05. The van der Waals surface area contributed by atoms with E-state index in [1.807, 2.05) is 31.3 Å². The highest BCUT2D eigenvalue weighted by Gasteiger charge is 2.23. The molecule has 0 saturated carbocycles. The summed E-state index contributed by atoms with van der Waals surface area (Å²) in [5, 5.41) is 3.79. The van der Waals surface area contributed by atoms with Crippen molar-refractivity contribution in [2.75, 3.05) is 20.3 Å². The van der Waals surface area contributed by atoms with E-state index in [1.165, 1.54) is 0 Å². The molecular formula is C11H14ClNO2. The number of nitrogens with one attached hydrogen (secondary N) is 1. The zero-order valence-corrected chi connectivity index (χ0v) is 9.33. The van der Waals surface area contributed by atoms with E-state index < -0.39 is 0 Å². The van der Waals surface area contributed by atoms with E-state index in [2.05, 4.69) is 5.32 Å². The molecule has 0 aliphatic carbocycles. The number of hydrogen-bond donors (Lipinski definition) is 1. The van der Waals surface area contributed by atoms with Gasteiger partial charge >= 0.3 is 0 Å². The Kier molecular flexibility index (Phi) is 3.59. The summed E-state index contributed by atoms with van der Waals surface area (Å²) in [4.78, 5) is 0. The molecule has 0 unspecified atom stereocenters. The van der Waals surface area contributed by atoms with Crippen molar-refractivity contribution in [1.29, 1.82) is 0 Å². The lowest BCUT2D eigenvalue weighted by atomic mass is 10.2. The van der Waals surface area contributed by atoms with E-state index in [-0.39, 0.29) is 12.3 Å². The maximum Gasteiger partial charge on any atom is 0.185 e. The Morgan fingerprint density at radius 3 is 2.53 bits per heavy atom. The standard InChI is InChI=1S/C11H14ClNO2/c1-13-8-6-14-11(15-7-8)9-4-2-3-5-10(9)12/h2-5,8,11,13H,6-7H2,1H3. The van der Waals surface area contributed by atoms with Crippen LogP contribution in [0.25, 0.3) is 0 Å². The summed E-state index contributed by atoms with van der Waals surface area (Å²) >= 11 is 6.05. The third-order valence-corrected chi connectivity index (χ3v) is 2.81. The van der Waals surface area contributed by atoms with Gasteiger partial charge in [0.05, 0.1) is 19.3 Å². The molecule has 2 rings (SSSR count). The first kappa shape index (κ1) is 10.9. The highest BCUT2D eigenvalue weighted by molar-refractivity contribution is 6.31. The number of ether oxygens (including phenoxy) is 2. The van der Waals surface area contributed by atoms with Crippen LogP contribution in [0.4, 0.5) is 0 Å². The molecule has 0 amide bonds. The molecule has 82 valence electrons. The number of rotatable bonds is 2. The summed E-state index contributed by atoms with van der Waals surface area (Å²) in [6.45, 7) is 1.29. The van der Waals surface area contributed by atoms with Crippen LogP contribution in [0.1, 0.15) is 11.9 Å². The molecule has 0 aromatic heterocycles. The Hall–Kier alpha value is -0.610. The molecule has 1 heterocycles.